The summed E-state index contributed by atoms with van der Waals surface area (Å²) in [5.74, 6) is 1.04. The lowest BCUT2D eigenvalue weighted by Crippen LogP contribution is -2.25. The van der Waals surface area contributed by atoms with Gasteiger partial charge in [-0.25, -0.2) is 0 Å². The van der Waals surface area contributed by atoms with Gasteiger partial charge in [-0.05, 0) is 25.0 Å². The second-order valence-corrected chi connectivity index (χ2v) is 10.9. The average molecular weight is 490 g/mol. The highest BCUT2D eigenvalue weighted by atomic mass is 31.2. The first-order valence-electron chi connectivity index (χ1n) is 11.1. The zero-order chi connectivity index (χ0) is 24.9. The molecule has 2 aromatic carbocycles. The molecule has 0 saturated heterocycles. The van der Waals surface area contributed by atoms with E-state index < -0.39 is 23.8 Å². The van der Waals surface area contributed by atoms with Gasteiger partial charge in [0.15, 0.2) is 0 Å². The molecule has 0 aromatic heterocycles. The van der Waals surface area contributed by atoms with Crippen LogP contribution in [0.4, 0.5) is 0 Å². The highest BCUT2D eigenvalue weighted by molar-refractivity contribution is 7.96. The van der Waals surface area contributed by atoms with Crippen molar-refractivity contribution in [3.05, 3.63) is 41.5 Å². The van der Waals surface area contributed by atoms with Crippen molar-refractivity contribution in [3.8, 4) is 28.7 Å². The molecule has 1 unspecified atom stereocenters. The quantitative estimate of drug-likeness (QED) is 0.408. The molecule has 34 heavy (non-hydrogen) atoms. The molecule has 8 nitrogen and oxygen atoms in total. The SMILES string of the molecule is COc1cc(OC)c(C(=O)P(=O)(C(=O)c2c(OC)cccc2OC)C2CCCCC2)c(OC)c1. The standard InChI is InChI=1S/C25H31O8P/c1-29-16-14-20(32-4)23(21(15-16)33-5)25(27)34(28,17-10-7-6-8-11-17)24(26)22-18(30-2)12-9-13-19(22)31-3/h9,12-15,17H,6-8,10-11H2,1-5H3. The molecule has 1 aliphatic rings. The van der Waals surface area contributed by atoms with Crippen molar-refractivity contribution in [2.24, 2.45) is 0 Å². The van der Waals surface area contributed by atoms with Gasteiger partial charge in [0.05, 0.1) is 35.5 Å². The van der Waals surface area contributed by atoms with Crippen LogP contribution in [0, 0.1) is 0 Å². The van der Waals surface area contributed by atoms with Gasteiger partial charge in [-0.2, -0.15) is 0 Å². The number of rotatable bonds is 10. The number of carbonyl (C=O) groups excluding carboxylic acids is 2. The van der Waals surface area contributed by atoms with Crippen molar-refractivity contribution in [2.45, 2.75) is 37.8 Å². The number of ether oxygens (including phenoxy) is 5. The monoisotopic (exact) mass is 490 g/mol. The van der Waals surface area contributed by atoms with Crippen LogP contribution in [-0.4, -0.2) is 52.3 Å². The minimum atomic E-state index is -4.24. The molecule has 0 amide bonds. The van der Waals surface area contributed by atoms with E-state index in [-0.39, 0.29) is 34.1 Å². The molecular weight excluding hydrogens is 459 g/mol. The molecular formula is C25H31O8P. The van der Waals surface area contributed by atoms with E-state index in [0.29, 0.717) is 18.6 Å². The van der Waals surface area contributed by atoms with E-state index in [4.69, 9.17) is 23.7 Å². The van der Waals surface area contributed by atoms with Crippen LogP contribution < -0.4 is 23.7 Å². The van der Waals surface area contributed by atoms with Crippen LogP contribution in [0.5, 0.6) is 28.7 Å². The van der Waals surface area contributed by atoms with Gasteiger partial charge in [-0.15, -0.1) is 0 Å². The average Bonchev–Trinajstić information content (AvgIpc) is 2.90. The van der Waals surface area contributed by atoms with Crippen LogP contribution in [-0.2, 0) is 4.57 Å². The number of carbonyl (C=O) groups is 2. The second-order valence-electron chi connectivity index (χ2n) is 8.00. The Morgan fingerprint density at radius 1 is 0.706 bits per heavy atom. The summed E-state index contributed by atoms with van der Waals surface area (Å²) >= 11 is 0. The van der Waals surface area contributed by atoms with Crippen LogP contribution in [0.1, 0.15) is 52.8 Å². The van der Waals surface area contributed by atoms with Crippen molar-refractivity contribution in [3.63, 3.8) is 0 Å². The molecule has 3 rings (SSSR count). The van der Waals surface area contributed by atoms with E-state index in [1.54, 1.807) is 18.2 Å². The van der Waals surface area contributed by atoms with Crippen molar-refractivity contribution in [1.29, 1.82) is 0 Å². The Morgan fingerprint density at radius 3 is 1.56 bits per heavy atom. The second kappa shape index (κ2) is 11.0. The first kappa shape index (κ1) is 25.6. The number of methoxy groups -OCH3 is 5. The third-order valence-corrected chi connectivity index (χ3v) is 9.46. The van der Waals surface area contributed by atoms with E-state index in [1.807, 2.05) is 0 Å². The summed E-state index contributed by atoms with van der Waals surface area (Å²) in [6.07, 6.45) is 3.55. The van der Waals surface area contributed by atoms with Crippen molar-refractivity contribution in [1.82, 2.24) is 0 Å². The van der Waals surface area contributed by atoms with E-state index in [1.165, 1.54) is 47.7 Å². The summed E-state index contributed by atoms with van der Waals surface area (Å²) in [4.78, 5) is 28.3. The maximum Gasteiger partial charge on any atom is 0.236 e. The Kier molecular flexibility index (Phi) is 8.26. The van der Waals surface area contributed by atoms with Crippen LogP contribution in [0.3, 0.4) is 0 Å². The lowest BCUT2D eigenvalue weighted by molar-refractivity contribution is 0.102. The van der Waals surface area contributed by atoms with Crippen LogP contribution in [0.25, 0.3) is 0 Å². The molecule has 184 valence electrons. The van der Waals surface area contributed by atoms with Crippen molar-refractivity contribution >= 4 is 18.2 Å². The zero-order valence-electron chi connectivity index (χ0n) is 20.2. The van der Waals surface area contributed by atoms with E-state index in [2.05, 4.69) is 0 Å². The van der Waals surface area contributed by atoms with Crippen LogP contribution >= 0.6 is 7.14 Å². The Bertz CT molecular complexity index is 1060. The smallest absolute Gasteiger partial charge is 0.236 e. The van der Waals surface area contributed by atoms with Gasteiger partial charge in [0.2, 0.25) is 18.2 Å². The zero-order valence-corrected chi connectivity index (χ0v) is 21.1. The summed E-state index contributed by atoms with van der Waals surface area (Å²) in [6.45, 7) is 0. The first-order chi connectivity index (χ1) is 16.4. The third kappa shape index (κ3) is 4.51. The van der Waals surface area contributed by atoms with E-state index in [0.717, 1.165) is 19.3 Å². The Balaban J connectivity index is 2.28. The normalized spacial score (nSPS) is 15.7. The maximum absolute atomic E-state index is 14.8. The lowest BCUT2D eigenvalue weighted by atomic mass is 10.0. The number of hydrogen-bond acceptors (Lipinski definition) is 8. The fraction of sp³-hybridized carbons (Fsp3) is 0.440. The molecule has 0 spiro atoms. The fourth-order valence-corrected chi connectivity index (χ4v) is 7.52. The molecule has 0 aliphatic heterocycles. The molecule has 2 aromatic rings. The summed E-state index contributed by atoms with van der Waals surface area (Å²) in [5, 5.41) is 0. The van der Waals surface area contributed by atoms with Gasteiger partial charge in [-0.1, -0.05) is 25.3 Å². The lowest BCUT2D eigenvalue weighted by Gasteiger charge is -2.30. The number of benzene rings is 2. The molecule has 0 radical (unpaired) electrons. The molecule has 1 fully saturated rings. The molecule has 0 bridgehead atoms. The fourth-order valence-electron chi connectivity index (χ4n) is 4.48. The van der Waals surface area contributed by atoms with Gasteiger partial charge in [0, 0.05) is 17.8 Å². The largest absolute Gasteiger partial charge is 0.496 e. The van der Waals surface area contributed by atoms with E-state index >= 15 is 0 Å². The van der Waals surface area contributed by atoms with Crippen molar-refractivity contribution in [2.75, 3.05) is 35.5 Å². The maximum atomic E-state index is 14.8. The Morgan fingerprint density at radius 2 is 1.15 bits per heavy atom. The predicted octanol–water partition coefficient (Wildman–Crippen LogP) is 5.41. The van der Waals surface area contributed by atoms with Gasteiger partial charge in [-0.3, -0.25) is 9.59 Å². The van der Waals surface area contributed by atoms with Crippen molar-refractivity contribution < 1.29 is 37.8 Å². The first-order valence-corrected chi connectivity index (χ1v) is 12.8. The molecule has 0 N–H and O–H groups in total. The Hall–Kier alpha value is -2.99. The summed E-state index contributed by atoms with van der Waals surface area (Å²) in [5.41, 5.74) is -2.22. The molecule has 0 heterocycles. The topological polar surface area (TPSA) is 97.4 Å². The van der Waals surface area contributed by atoms with Gasteiger partial charge in [0.1, 0.15) is 39.9 Å². The van der Waals surface area contributed by atoms with E-state index in [9.17, 15) is 14.2 Å². The molecule has 1 saturated carbocycles. The number of hydrogen-bond donors (Lipinski definition) is 0. The van der Waals surface area contributed by atoms with Gasteiger partial charge < -0.3 is 28.2 Å². The Labute approximate surface area is 199 Å². The third-order valence-electron chi connectivity index (χ3n) is 6.26. The van der Waals surface area contributed by atoms with Gasteiger partial charge in [0.25, 0.3) is 0 Å². The minimum Gasteiger partial charge on any atom is -0.496 e. The van der Waals surface area contributed by atoms with Crippen LogP contribution in [0.2, 0.25) is 0 Å². The minimum absolute atomic E-state index is 0.00111. The molecule has 1 aliphatic carbocycles. The summed E-state index contributed by atoms with van der Waals surface area (Å²) in [7, 11) is 2.83. The summed E-state index contributed by atoms with van der Waals surface area (Å²) < 4.78 is 41.8. The molecule has 9 heteroatoms. The predicted molar refractivity (Wildman–Crippen MR) is 129 cm³/mol. The van der Waals surface area contributed by atoms with Crippen LogP contribution in [0.15, 0.2) is 30.3 Å². The van der Waals surface area contributed by atoms with Gasteiger partial charge >= 0.3 is 0 Å². The summed E-state index contributed by atoms with van der Waals surface area (Å²) in [6, 6.07) is 7.85. The molecule has 1 atom stereocenters. The highest BCUT2D eigenvalue weighted by Crippen LogP contribution is 2.63. The highest BCUT2D eigenvalue weighted by Gasteiger charge is 2.51.